The summed E-state index contributed by atoms with van der Waals surface area (Å²) in [7, 11) is 2.71. The molecular weight excluding hydrogens is 470 g/mol. The van der Waals surface area contributed by atoms with Crippen LogP contribution in [0.25, 0.3) is 0 Å². The summed E-state index contributed by atoms with van der Waals surface area (Å²) in [5, 5.41) is 15.6. The average molecular weight is 496 g/mol. The van der Waals surface area contributed by atoms with E-state index >= 15 is 0 Å². The molecule has 1 aliphatic heterocycles. The molecule has 2 atom stereocenters. The normalized spacial score (nSPS) is 17.1. The summed E-state index contributed by atoms with van der Waals surface area (Å²) < 4.78 is 15.4. The smallest absolute Gasteiger partial charge is 0.319 e. The van der Waals surface area contributed by atoms with Gasteiger partial charge in [0.05, 0.1) is 43.3 Å². The molecule has 0 saturated heterocycles. The fourth-order valence-electron chi connectivity index (χ4n) is 3.63. The summed E-state index contributed by atoms with van der Waals surface area (Å²) in [6, 6.07) is 15.8. The van der Waals surface area contributed by atoms with Crippen molar-refractivity contribution in [2.75, 3.05) is 31.9 Å². The maximum absolute atomic E-state index is 12.9. The number of ether oxygens (including phenoxy) is 3. The fourth-order valence-corrected chi connectivity index (χ4v) is 4.48. The molecule has 1 heterocycles. The van der Waals surface area contributed by atoms with Crippen molar-refractivity contribution in [1.82, 2.24) is 5.32 Å². The zero-order valence-electron chi connectivity index (χ0n) is 19.5. The highest BCUT2D eigenvalue weighted by molar-refractivity contribution is 8.03. The Balaban J connectivity index is 1.82. The van der Waals surface area contributed by atoms with E-state index in [-0.39, 0.29) is 22.3 Å². The highest BCUT2D eigenvalue weighted by Gasteiger charge is 2.44. The average Bonchev–Trinajstić information content (AvgIpc) is 2.88. The number of hydrogen-bond donors (Lipinski definition) is 2. The quantitative estimate of drug-likeness (QED) is 0.401. The number of esters is 1. The Labute approximate surface area is 207 Å². The van der Waals surface area contributed by atoms with Gasteiger partial charge in [0.1, 0.15) is 17.4 Å². The van der Waals surface area contributed by atoms with E-state index in [0.717, 1.165) is 11.8 Å². The van der Waals surface area contributed by atoms with Crippen LogP contribution in [0.3, 0.4) is 0 Å². The van der Waals surface area contributed by atoms with Crippen molar-refractivity contribution in [1.29, 1.82) is 5.26 Å². The number of thioether (sulfide) groups is 1. The fraction of sp³-hybridized carbons (Fsp3) is 0.280. The van der Waals surface area contributed by atoms with Gasteiger partial charge in [-0.15, -0.1) is 0 Å². The number of benzene rings is 2. The predicted molar refractivity (Wildman–Crippen MR) is 131 cm³/mol. The minimum atomic E-state index is -1.25. The number of allylic oxidation sites excluding steroid dienone is 1. The first kappa shape index (κ1) is 25.6. The number of hydrogen-bond acceptors (Lipinski definition) is 8. The Bertz CT molecular complexity index is 1160. The van der Waals surface area contributed by atoms with E-state index in [1.54, 1.807) is 48.5 Å². The molecule has 0 radical (unpaired) electrons. The lowest BCUT2D eigenvalue weighted by atomic mass is 9.78. The van der Waals surface area contributed by atoms with Gasteiger partial charge in [0, 0.05) is 11.6 Å². The van der Waals surface area contributed by atoms with Gasteiger partial charge < -0.3 is 24.8 Å². The van der Waals surface area contributed by atoms with Crippen molar-refractivity contribution >= 4 is 35.2 Å². The minimum absolute atomic E-state index is 0.0633. The number of rotatable bonds is 9. The molecule has 35 heavy (non-hydrogen) atoms. The van der Waals surface area contributed by atoms with Crippen molar-refractivity contribution in [2.45, 2.75) is 12.8 Å². The Hall–Kier alpha value is -3.97. The van der Waals surface area contributed by atoms with Crippen LogP contribution in [0.1, 0.15) is 18.4 Å². The SMILES string of the molecule is CCOc1ccc(NC(=O)CSC2=C(C#N)[C@H](c3ccc(OC)cc3)[C@H](C(=O)OC)C(=O)N2)cc1. The highest BCUT2D eigenvalue weighted by Crippen LogP contribution is 2.40. The Morgan fingerprint density at radius 3 is 2.31 bits per heavy atom. The highest BCUT2D eigenvalue weighted by atomic mass is 32.2. The summed E-state index contributed by atoms with van der Waals surface area (Å²) in [5.74, 6) is -2.58. The number of methoxy groups -OCH3 is 2. The van der Waals surface area contributed by atoms with Gasteiger partial charge in [0.2, 0.25) is 11.8 Å². The number of nitrogens with zero attached hydrogens (tertiary/aromatic N) is 1. The largest absolute Gasteiger partial charge is 0.497 e. The first-order valence-corrected chi connectivity index (χ1v) is 11.7. The number of carbonyl (C=O) groups excluding carboxylic acids is 3. The van der Waals surface area contributed by atoms with Crippen LogP contribution < -0.4 is 20.1 Å². The second kappa shape index (κ2) is 11.9. The van der Waals surface area contributed by atoms with Gasteiger partial charge in [-0.3, -0.25) is 14.4 Å². The molecule has 0 aromatic heterocycles. The monoisotopic (exact) mass is 495 g/mol. The van der Waals surface area contributed by atoms with Crippen LogP contribution in [-0.2, 0) is 19.1 Å². The van der Waals surface area contributed by atoms with Crippen molar-refractivity contribution in [3.63, 3.8) is 0 Å². The summed E-state index contributed by atoms with van der Waals surface area (Å²) in [4.78, 5) is 37.9. The summed E-state index contributed by atoms with van der Waals surface area (Å²) in [6.07, 6.45) is 0. The molecule has 182 valence electrons. The third kappa shape index (κ3) is 6.13. The van der Waals surface area contributed by atoms with Crippen LogP contribution in [0, 0.1) is 17.2 Å². The number of carbonyl (C=O) groups is 3. The molecule has 0 spiro atoms. The molecule has 9 nitrogen and oxygen atoms in total. The van der Waals surface area contributed by atoms with Crippen molar-refractivity contribution in [3.8, 4) is 17.6 Å². The van der Waals surface area contributed by atoms with Gasteiger partial charge in [-0.1, -0.05) is 23.9 Å². The van der Waals surface area contributed by atoms with Gasteiger partial charge in [0.15, 0.2) is 0 Å². The van der Waals surface area contributed by atoms with Gasteiger partial charge in [-0.25, -0.2) is 0 Å². The minimum Gasteiger partial charge on any atom is -0.497 e. The number of nitriles is 1. The molecule has 1 aliphatic rings. The summed E-state index contributed by atoms with van der Waals surface area (Å²) >= 11 is 1.01. The van der Waals surface area contributed by atoms with Gasteiger partial charge in [-0.2, -0.15) is 5.26 Å². The third-order valence-corrected chi connectivity index (χ3v) is 6.27. The molecule has 0 unspecified atom stereocenters. The lowest BCUT2D eigenvalue weighted by molar-refractivity contribution is -0.150. The van der Waals surface area contributed by atoms with Gasteiger partial charge in [-0.05, 0) is 48.9 Å². The van der Waals surface area contributed by atoms with Crippen LogP contribution >= 0.6 is 11.8 Å². The molecule has 10 heteroatoms. The van der Waals surface area contributed by atoms with E-state index in [0.29, 0.717) is 29.4 Å². The summed E-state index contributed by atoms with van der Waals surface area (Å²) in [5.41, 5.74) is 1.33. The van der Waals surface area contributed by atoms with Crippen molar-refractivity contribution < 1.29 is 28.6 Å². The lowest BCUT2D eigenvalue weighted by Crippen LogP contribution is -2.44. The van der Waals surface area contributed by atoms with Crippen LogP contribution in [0.15, 0.2) is 59.1 Å². The van der Waals surface area contributed by atoms with Gasteiger partial charge >= 0.3 is 5.97 Å². The molecule has 0 saturated carbocycles. The topological polar surface area (TPSA) is 127 Å². The van der Waals surface area contributed by atoms with E-state index in [1.165, 1.54) is 14.2 Å². The zero-order chi connectivity index (χ0) is 25.4. The molecule has 2 amide bonds. The molecule has 2 aromatic rings. The first-order valence-electron chi connectivity index (χ1n) is 10.7. The Kier molecular flexibility index (Phi) is 8.75. The van der Waals surface area contributed by atoms with Gasteiger partial charge in [0.25, 0.3) is 0 Å². The Morgan fingerprint density at radius 1 is 1.09 bits per heavy atom. The first-order chi connectivity index (χ1) is 16.9. The van der Waals surface area contributed by atoms with Crippen LogP contribution in [0.5, 0.6) is 11.5 Å². The van der Waals surface area contributed by atoms with E-state index in [4.69, 9.17) is 14.2 Å². The molecule has 0 fully saturated rings. The Morgan fingerprint density at radius 2 is 1.74 bits per heavy atom. The number of anilines is 1. The second-order valence-corrected chi connectivity index (χ2v) is 8.38. The van der Waals surface area contributed by atoms with E-state index < -0.39 is 23.7 Å². The maximum Gasteiger partial charge on any atom is 0.319 e. The number of amides is 2. The standard InChI is InChI=1S/C25H25N3O6S/c1-4-34-18-11-7-16(8-12-18)27-20(29)14-35-24-19(13-26)21(15-5-9-17(32-2)10-6-15)22(23(30)28-24)25(31)33-3/h5-12,21-22H,4,14H2,1-3H3,(H,27,29)(H,28,30)/t21-,22-/m0/s1. The maximum atomic E-state index is 12.9. The molecule has 2 N–H and O–H groups in total. The van der Waals surface area contributed by atoms with Crippen LogP contribution in [0.4, 0.5) is 5.69 Å². The zero-order valence-corrected chi connectivity index (χ0v) is 20.3. The second-order valence-electron chi connectivity index (χ2n) is 7.39. The number of nitrogens with one attached hydrogen (secondary N) is 2. The lowest BCUT2D eigenvalue weighted by Gasteiger charge is -2.31. The molecule has 2 aromatic carbocycles. The molecular formula is C25H25N3O6S. The predicted octanol–water partition coefficient (Wildman–Crippen LogP) is 3.20. The van der Waals surface area contributed by atoms with E-state index in [1.807, 2.05) is 6.92 Å². The van der Waals surface area contributed by atoms with Crippen LogP contribution in [0.2, 0.25) is 0 Å². The van der Waals surface area contributed by atoms with Crippen molar-refractivity contribution in [2.24, 2.45) is 5.92 Å². The molecule has 0 bridgehead atoms. The molecule has 3 rings (SSSR count). The van der Waals surface area contributed by atoms with E-state index in [9.17, 15) is 19.6 Å². The summed E-state index contributed by atoms with van der Waals surface area (Å²) in [6.45, 7) is 2.42. The van der Waals surface area contributed by atoms with Crippen molar-refractivity contribution in [3.05, 3.63) is 64.7 Å². The van der Waals surface area contributed by atoms with Crippen LogP contribution in [-0.4, -0.2) is 44.4 Å². The third-order valence-electron chi connectivity index (χ3n) is 5.26. The van der Waals surface area contributed by atoms with E-state index in [2.05, 4.69) is 16.7 Å². The molecule has 0 aliphatic carbocycles.